The number of H-pyrrole nitrogens is 1. The molecule has 130 valence electrons. The third-order valence-electron chi connectivity index (χ3n) is 3.56. The van der Waals surface area contributed by atoms with E-state index in [1.54, 1.807) is 0 Å². The molecule has 1 aromatic heterocycles. The maximum absolute atomic E-state index is 11.9. The van der Waals surface area contributed by atoms with E-state index in [1.165, 1.54) is 18.0 Å². The Morgan fingerprint density at radius 3 is 2.78 bits per heavy atom. The Labute approximate surface area is 135 Å². The van der Waals surface area contributed by atoms with E-state index in [2.05, 4.69) is 4.98 Å². The van der Waals surface area contributed by atoms with Gasteiger partial charge in [-0.3, -0.25) is 14.3 Å². The van der Waals surface area contributed by atoms with Crippen LogP contribution >= 0.6 is 11.8 Å². The monoisotopic (exact) mass is 348 g/mol. The van der Waals surface area contributed by atoms with Crippen molar-refractivity contribution in [2.24, 2.45) is 0 Å². The summed E-state index contributed by atoms with van der Waals surface area (Å²) in [6, 6.07) is 0. The smallest absolute Gasteiger partial charge is 0.330 e. The van der Waals surface area contributed by atoms with Crippen LogP contribution in [0.1, 0.15) is 24.3 Å². The molecule has 0 amide bonds. The van der Waals surface area contributed by atoms with Gasteiger partial charge in [-0.05, 0) is 0 Å². The van der Waals surface area contributed by atoms with Gasteiger partial charge in [0.05, 0.1) is 31.0 Å². The SMILES string of the molecule is O=c1[nH]c(=O)n([C@H]2C[C@H](O)[C@@H](CO)O2)cc1[C@H](O)CSCCO. The molecule has 5 N–H and O–H groups in total. The summed E-state index contributed by atoms with van der Waals surface area (Å²) in [4.78, 5) is 25.9. The molecule has 1 fully saturated rings. The average Bonchev–Trinajstić information content (AvgIpc) is 2.88. The lowest BCUT2D eigenvalue weighted by atomic mass is 10.2. The fourth-order valence-electron chi connectivity index (χ4n) is 2.35. The molecule has 0 spiro atoms. The van der Waals surface area contributed by atoms with Crippen molar-refractivity contribution >= 4 is 11.8 Å². The topological polar surface area (TPSA) is 145 Å². The van der Waals surface area contributed by atoms with Gasteiger partial charge in [0.2, 0.25) is 0 Å². The number of hydrogen-bond acceptors (Lipinski definition) is 8. The highest BCUT2D eigenvalue weighted by Gasteiger charge is 2.35. The number of aliphatic hydroxyl groups is 4. The van der Waals surface area contributed by atoms with Crippen LogP contribution in [0, 0.1) is 0 Å². The minimum absolute atomic E-state index is 0.000535. The van der Waals surface area contributed by atoms with Gasteiger partial charge in [-0.25, -0.2) is 4.79 Å². The maximum Gasteiger partial charge on any atom is 0.330 e. The van der Waals surface area contributed by atoms with Gasteiger partial charge < -0.3 is 25.2 Å². The molecule has 4 atom stereocenters. The van der Waals surface area contributed by atoms with Crippen molar-refractivity contribution in [3.63, 3.8) is 0 Å². The summed E-state index contributed by atoms with van der Waals surface area (Å²) in [5, 5.41) is 37.6. The zero-order chi connectivity index (χ0) is 17.0. The van der Waals surface area contributed by atoms with Crippen LogP contribution in [0.5, 0.6) is 0 Å². The van der Waals surface area contributed by atoms with Gasteiger partial charge in [-0.2, -0.15) is 11.8 Å². The molecule has 1 saturated heterocycles. The fourth-order valence-corrected chi connectivity index (χ4v) is 3.05. The number of nitrogens with one attached hydrogen (secondary N) is 1. The predicted molar refractivity (Wildman–Crippen MR) is 82.3 cm³/mol. The Hall–Kier alpha value is -1.17. The Kier molecular flexibility index (Phi) is 6.39. The van der Waals surface area contributed by atoms with Crippen LogP contribution in [0.4, 0.5) is 0 Å². The number of thioether (sulfide) groups is 1. The molecular formula is C13H20N2O7S. The average molecular weight is 348 g/mol. The first-order chi connectivity index (χ1) is 11.0. The molecule has 0 aliphatic carbocycles. The zero-order valence-electron chi connectivity index (χ0n) is 12.3. The molecule has 2 rings (SSSR count). The van der Waals surface area contributed by atoms with E-state index in [0.29, 0.717) is 5.75 Å². The normalized spacial score (nSPS) is 25.7. The van der Waals surface area contributed by atoms with Crippen molar-refractivity contribution in [3.8, 4) is 0 Å². The van der Waals surface area contributed by atoms with E-state index in [0.717, 1.165) is 4.57 Å². The lowest BCUT2D eigenvalue weighted by Gasteiger charge is -2.17. The second-order valence-electron chi connectivity index (χ2n) is 5.18. The van der Waals surface area contributed by atoms with E-state index in [-0.39, 0.29) is 31.0 Å². The second kappa shape index (κ2) is 8.08. The third-order valence-corrected chi connectivity index (χ3v) is 4.58. The molecular weight excluding hydrogens is 328 g/mol. The lowest BCUT2D eigenvalue weighted by Crippen LogP contribution is -2.35. The fraction of sp³-hybridized carbons (Fsp3) is 0.692. The van der Waals surface area contributed by atoms with Crippen molar-refractivity contribution in [1.29, 1.82) is 0 Å². The molecule has 2 heterocycles. The Balaban J connectivity index is 2.23. The Morgan fingerprint density at radius 2 is 2.17 bits per heavy atom. The van der Waals surface area contributed by atoms with Crippen molar-refractivity contribution < 1.29 is 25.2 Å². The highest BCUT2D eigenvalue weighted by Crippen LogP contribution is 2.27. The largest absolute Gasteiger partial charge is 0.396 e. The van der Waals surface area contributed by atoms with Crippen LogP contribution in [0.3, 0.4) is 0 Å². The quantitative estimate of drug-likeness (QED) is 0.354. The van der Waals surface area contributed by atoms with Crippen molar-refractivity contribution in [1.82, 2.24) is 9.55 Å². The number of aromatic amines is 1. The Morgan fingerprint density at radius 1 is 1.43 bits per heavy atom. The summed E-state index contributed by atoms with van der Waals surface area (Å²) in [7, 11) is 0. The summed E-state index contributed by atoms with van der Waals surface area (Å²) < 4.78 is 6.48. The van der Waals surface area contributed by atoms with E-state index in [9.17, 15) is 19.8 Å². The van der Waals surface area contributed by atoms with Crippen LogP contribution < -0.4 is 11.2 Å². The minimum atomic E-state index is -1.11. The molecule has 1 aromatic rings. The van der Waals surface area contributed by atoms with Crippen LogP contribution in [-0.4, -0.2) is 66.9 Å². The zero-order valence-corrected chi connectivity index (χ0v) is 13.1. The van der Waals surface area contributed by atoms with E-state index in [1.807, 2.05) is 0 Å². The van der Waals surface area contributed by atoms with Gasteiger partial charge in [-0.15, -0.1) is 0 Å². The number of aromatic nitrogens is 2. The first-order valence-corrected chi connectivity index (χ1v) is 8.29. The van der Waals surface area contributed by atoms with Gasteiger partial charge in [-0.1, -0.05) is 0 Å². The van der Waals surface area contributed by atoms with Gasteiger partial charge in [0.15, 0.2) is 0 Å². The number of hydrogen-bond donors (Lipinski definition) is 5. The van der Waals surface area contributed by atoms with Gasteiger partial charge in [0, 0.05) is 24.1 Å². The van der Waals surface area contributed by atoms with Gasteiger partial charge in [0.1, 0.15) is 12.3 Å². The van der Waals surface area contributed by atoms with E-state index < -0.39 is 35.8 Å². The predicted octanol–water partition coefficient (Wildman–Crippen LogP) is -2.06. The summed E-state index contributed by atoms with van der Waals surface area (Å²) in [5.74, 6) is 0.611. The molecule has 1 aliphatic rings. The standard InChI is InChI=1S/C13H20N2O7S/c16-1-2-23-6-9(19)7-4-15(13(21)14-12(7)20)11-3-8(18)10(5-17)22-11/h4,8-11,16-19H,1-3,5-6H2,(H,14,20,21)/t8-,9+,10+,11+/m0/s1. The summed E-state index contributed by atoms with van der Waals surface area (Å²) in [6.07, 6.45) is -2.36. The van der Waals surface area contributed by atoms with Crippen molar-refractivity contribution in [3.05, 3.63) is 32.6 Å². The molecule has 0 bridgehead atoms. The maximum atomic E-state index is 11.9. The van der Waals surface area contributed by atoms with Crippen LogP contribution in [0.25, 0.3) is 0 Å². The molecule has 10 heteroatoms. The first kappa shape index (κ1) is 18.2. The summed E-state index contributed by atoms with van der Waals surface area (Å²) in [6.45, 7) is -0.424. The third kappa shape index (κ3) is 4.22. The molecule has 0 aromatic carbocycles. The molecule has 0 unspecified atom stereocenters. The van der Waals surface area contributed by atoms with Crippen LogP contribution in [0.2, 0.25) is 0 Å². The minimum Gasteiger partial charge on any atom is -0.396 e. The van der Waals surface area contributed by atoms with Crippen molar-refractivity contribution in [2.45, 2.75) is 31.0 Å². The molecule has 0 radical (unpaired) electrons. The van der Waals surface area contributed by atoms with E-state index in [4.69, 9.17) is 14.9 Å². The first-order valence-electron chi connectivity index (χ1n) is 7.14. The van der Waals surface area contributed by atoms with Crippen molar-refractivity contribution in [2.75, 3.05) is 24.7 Å². The molecule has 0 saturated carbocycles. The molecule has 9 nitrogen and oxygen atoms in total. The Bertz CT molecular complexity index is 631. The highest BCUT2D eigenvalue weighted by molar-refractivity contribution is 7.99. The van der Waals surface area contributed by atoms with E-state index >= 15 is 0 Å². The molecule has 1 aliphatic heterocycles. The highest BCUT2D eigenvalue weighted by atomic mass is 32.2. The van der Waals surface area contributed by atoms with Gasteiger partial charge >= 0.3 is 5.69 Å². The summed E-state index contributed by atoms with van der Waals surface area (Å²) in [5.41, 5.74) is -1.41. The number of nitrogens with zero attached hydrogens (tertiary/aromatic N) is 1. The number of rotatable bonds is 7. The summed E-state index contributed by atoms with van der Waals surface area (Å²) >= 11 is 1.27. The second-order valence-corrected chi connectivity index (χ2v) is 6.33. The lowest BCUT2D eigenvalue weighted by molar-refractivity contribution is -0.0461. The van der Waals surface area contributed by atoms with Gasteiger partial charge in [0.25, 0.3) is 5.56 Å². The number of ether oxygens (including phenoxy) is 1. The van der Waals surface area contributed by atoms with Crippen LogP contribution in [0.15, 0.2) is 15.8 Å². The molecule has 23 heavy (non-hydrogen) atoms. The number of aliphatic hydroxyl groups excluding tert-OH is 4. The van der Waals surface area contributed by atoms with Crippen LogP contribution in [-0.2, 0) is 4.74 Å².